The SMILES string of the molecule is CC(NS(=O)[O-])c1cc(B2OC(C)(C)C(C)(C)O2)c(C(=O)c2ccc(F)cc2)cc1Cl. The zero-order chi connectivity index (χ0) is 23.1. The van der Waals surface area contributed by atoms with Crippen LogP contribution in [0.25, 0.3) is 0 Å². The molecule has 166 valence electrons. The summed E-state index contributed by atoms with van der Waals surface area (Å²) < 4.78 is 50.2. The zero-order valence-electron chi connectivity index (χ0n) is 17.8. The van der Waals surface area contributed by atoms with Crippen molar-refractivity contribution in [2.75, 3.05) is 0 Å². The van der Waals surface area contributed by atoms with Gasteiger partial charge in [0.25, 0.3) is 0 Å². The number of hydrogen-bond donors (Lipinski definition) is 1. The van der Waals surface area contributed by atoms with Crippen LogP contribution in [0.15, 0.2) is 36.4 Å². The smallest absolute Gasteiger partial charge is 0.495 e. The van der Waals surface area contributed by atoms with E-state index >= 15 is 0 Å². The Kier molecular flexibility index (Phi) is 6.77. The average Bonchev–Trinajstić information content (AvgIpc) is 2.88. The van der Waals surface area contributed by atoms with Crippen LogP contribution in [-0.4, -0.2) is 32.9 Å². The average molecular weight is 467 g/mol. The summed E-state index contributed by atoms with van der Waals surface area (Å²) in [5, 5.41) is 0.205. The first kappa shape index (κ1) is 24.0. The molecule has 3 rings (SSSR count). The van der Waals surface area contributed by atoms with Gasteiger partial charge in [0.2, 0.25) is 0 Å². The molecule has 0 spiro atoms. The Morgan fingerprint density at radius 3 is 2.23 bits per heavy atom. The molecule has 2 unspecified atom stereocenters. The molecule has 0 bridgehead atoms. The molecule has 0 amide bonds. The van der Waals surface area contributed by atoms with Gasteiger partial charge in [-0.1, -0.05) is 17.7 Å². The summed E-state index contributed by atoms with van der Waals surface area (Å²) in [4.78, 5) is 13.3. The summed E-state index contributed by atoms with van der Waals surface area (Å²) in [5.74, 6) is -0.840. The molecule has 1 saturated heterocycles. The van der Waals surface area contributed by atoms with Crippen molar-refractivity contribution in [3.8, 4) is 0 Å². The van der Waals surface area contributed by atoms with Crippen LogP contribution in [0, 0.1) is 5.82 Å². The van der Waals surface area contributed by atoms with Gasteiger partial charge in [-0.25, -0.2) is 9.11 Å². The van der Waals surface area contributed by atoms with Crippen LogP contribution in [0.2, 0.25) is 5.02 Å². The van der Waals surface area contributed by atoms with Gasteiger partial charge in [-0.2, -0.15) is 0 Å². The van der Waals surface area contributed by atoms with Crippen LogP contribution in [0.5, 0.6) is 0 Å². The van der Waals surface area contributed by atoms with E-state index in [1.54, 1.807) is 13.0 Å². The highest BCUT2D eigenvalue weighted by Gasteiger charge is 2.52. The maximum atomic E-state index is 13.3. The van der Waals surface area contributed by atoms with Gasteiger partial charge in [0.15, 0.2) is 5.78 Å². The summed E-state index contributed by atoms with van der Waals surface area (Å²) in [7, 11) is -0.884. The van der Waals surface area contributed by atoms with E-state index in [-0.39, 0.29) is 21.9 Å². The van der Waals surface area contributed by atoms with E-state index in [0.29, 0.717) is 11.0 Å². The maximum absolute atomic E-state index is 13.3. The van der Waals surface area contributed by atoms with Crippen LogP contribution in [0.1, 0.15) is 62.1 Å². The van der Waals surface area contributed by atoms with Gasteiger partial charge in [0.1, 0.15) is 5.82 Å². The second-order valence-electron chi connectivity index (χ2n) is 8.46. The van der Waals surface area contributed by atoms with E-state index in [2.05, 4.69) is 4.72 Å². The quantitative estimate of drug-likeness (QED) is 0.400. The van der Waals surface area contributed by atoms with Gasteiger partial charge in [0, 0.05) is 33.5 Å². The predicted octanol–water partition coefficient (Wildman–Crippen LogP) is 3.45. The van der Waals surface area contributed by atoms with Gasteiger partial charge in [-0.3, -0.25) is 9.00 Å². The minimum atomic E-state index is -2.51. The third-order valence-electron chi connectivity index (χ3n) is 5.77. The van der Waals surface area contributed by atoms with Crippen molar-refractivity contribution in [2.45, 2.75) is 51.9 Å². The Morgan fingerprint density at radius 1 is 1.16 bits per heavy atom. The fourth-order valence-electron chi connectivity index (χ4n) is 3.27. The van der Waals surface area contributed by atoms with Crippen molar-refractivity contribution >= 4 is 41.2 Å². The van der Waals surface area contributed by atoms with Crippen molar-refractivity contribution in [1.82, 2.24) is 4.72 Å². The number of nitrogens with one attached hydrogen (secondary N) is 1. The molecular formula is C21H23BClFNO5S-. The molecule has 6 nitrogen and oxygen atoms in total. The molecule has 2 atom stereocenters. The third-order valence-corrected chi connectivity index (χ3v) is 6.64. The van der Waals surface area contributed by atoms with Crippen molar-refractivity contribution in [1.29, 1.82) is 0 Å². The standard InChI is InChI=1S/C21H24BClFNO5S/c1-12(25-31(27)28)15-10-17(22-29-20(2,3)21(4,5)30-22)16(11-18(15)23)19(26)13-6-8-14(24)9-7-13/h6-12,25H,1-5H3,(H,27,28)/p-1. The summed E-state index contributed by atoms with van der Waals surface area (Å²) in [6.45, 7) is 9.17. The molecular weight excluding hydrogens is 444 g/mol. The largest absolute Gasteiger partial charge is 0.760 e. The van der Waals surface area contributed by atoms with E-state index in [1.165, 1.54) is 30.3 Å². The van der Waals surface area contributed by atoms with Gasteiger partial charge >= 0.3 is 7.12 Å². The third kappa shape index (κ3) is 4.92. The predicted molar refractivity (Wildman–Crippen MR) is 117 cm³/mol. The van der Waals surface area contributed by atoms with E-state index < -0.39 is 41.4 Å². The normalized spacial score (nSPS) is 19.3. The Balaban J connectivity index is 2.13. The number of ketones is 1. The highest BCUT2D eigenvalue weighted by Crippen LogP contribution is 2.37. The second-order valence-corrected chi connectivity index (χ2v) is 9.57. The Morgan fingerprint density at radius 2 is 1.71 bits per heavy atom. The summed E-state index contributed by atoms with van der Waals surface area (Å²) in [5.41, 5.74) is 0.0651. The number of rotatable bonds is 6. The summed E-state index contributed by atoms with van der Waals surface area (Å²) >= 11 is 3.91. The van der Waals surface area contributed by atoms with Crippen LogP contribution >= 0.6 is 11.6 Å². The van der Waals surface area contributed by atoms with Crippen molar-refractivity contribution < 1.29 is 27.3 Å². The lowest BCUT2D eigenvalue weighted by Gasteiger charge is -2.32. The van der Waals surface area contributed by atoms with Gasteiger partial charge in [-0.05, 0) is 76.0 Å². The van der Waals surface area contributed by atoms with E-state index in [9.17, 15) is 17.9 Å². The molecule has 10 heteroatoms. The number of hydrogen-bond acceptors (Lipinski definition) is 5. The van der Waals surface area contributed by atoms with E-state index in [1.807, 2.05) is 27.7 Å². The number of halogens is 2. The van der Waals surface area contributed by atoms with Gasteiger partial charge < -0.3 is 13.9 Å². The second kappa shape index (κ2) is 8.73. The number of benzene rings is 2. The molecule has 0 aromatic heterocycles. The minimum Gasteiger partial charge on any atom is -0.760 e. The molecule has 0 aliphatic carbocycles. The van der Waals surface area contributed by atoms with Crippen LogP contribution < -0.4 is 10.2 Å². The summed E-state index contributed by atoms with van der Waals surface area (Å²) in [6.07, 6.45) is 0. The number of carbonyl (C=O) groups excluding carboxylic acids is 1. The molecule has 1 aliphatic rings. The highest BCUT2D eigenvalue weighted by atomic mass is 35.5. The minimum absolute atomic E-state index is 0.205. The Labute approximate surface area is 189 Å². The molecule has 0 radical (unpaired) electrons. The van der Waals surface area contributed by atoms with E-state index in [0.717, 1.165) is 0 Å². The fraction of sp³-hybridized carbons (Fsp3) is 0.381. The van der Waals surface area contributed by atoms with Crippen molar-refractivity contribution in [3.05, 3.63) is 63.9 Å². The van der Waals surface area contributed by atoms with Crippen LogP contribution in [-0.2, 0) is 20.6 Å². The molecule has 31 heavy (non-hydrogen) atoms. The molecule has 1 heterocycles. The Hall–Kier alpha value is -1.62. The molecule has 2 aromatic rings. The van der Waals surface area contributed by atoms with Crippen molar-refractivity contribution in [3.63, 3.8) is 0 Å². The topological polar surface area (TPSA) is 87.7 Å². The van der Waals surface area contributed by atoms with Gasteiger partial charge in [0.05, 0.1) is 11.2 Å². The lowest BCUT2D eigenvalue weighted by molar-refractivity contribution is 0.00578. The lowest BCUT2D eigenvalue weighted by atomic mass is 9.73. The van der Waals surface area contributed by atoms with Gasteiger partial charge in [-0.15, -0.1) is 0 Å². The number of carbonyl (C=O) groups is 1. The molecule has 1 N–H and O–H groups in total. The zero-order valence-corrected chi connectivity index (χ0v) is 19.4. The highest BCUT2D eigenvalue weighted by molar-refractivity contribution is 7.77. The lowest BCUT2D eigenvalue weighted by Crippen LogP contribution is -2.41. The molecule has 0 saturated carbocycles. The molecule has 2 aromatic carbocycles. The molecule has 1 aliphatic heterocycles. The van der Waals surface area contributed by atoms with Crippen LogP contribution in [0.4, 0.5) is 4.39 Å². The maximum Gasteiger partial charge on any atom is 0.495 e. The van der Waals surface area contributed by atoms with Crippen LogP contribution in [0.3, 0.4) is 0 Å². The first-order valence-corrected chi connectivity index (χ1v) is 11.1. The molecule has 1 fully saturated rings. The Bertz CT molecular complexity index is 1020. The fourth-order valence-corrected chi connectivity index (χ4v) is 4.01. The van der Waals surface area contributed by atoms with E-state index in [4.69, 9.17) is 20.9 Å². The van der Waals surface area contributed by atoms with Crippen molar-refractivity contribution in [2.24, 2.45) is 0 Å². The first-order chi connectivity index (χ1) is 14.3. The monoisotopic (exact) mass is 466 g/mol. The first-order valence-electron chi connectivity index (χ1n) is 9.67. The summed E-state index contributed by atoms with van der Waals surface area (Å²) in [6, 6.07) is 7.61.